The van der Waals surface area contributed by atoms with Crippen LogP contribution in [0.4, 0.5) is 0 Å². The highest BCUT2D eigenvalue weighted by atomic mass is 35.5. The molecule has 0 aliphatic carbocycles. The summed E-state index contributed by atoms with van der Waals surface area (Å²) in [5, 5.41) is 7.65. The standard InChI is InChI=1S/C7H9ClN2O2/c1-11-4-5-12-7-3-2-6(8)9-10-7/h2-3H,4-5H2,1H3. The minimum atomic E-state index is 0.356. The van der Waals surface area contributed by atoms with Crippen LogP contribution in [0, 0.1) is 0 Å². The zero-order valence-corrected chi connectivity index (χ0v) is 7.41. The highest BCUT2D eigenvalue weighted by molar-refractivity contribution is 6.29. The van der Waals surface area contributed by atoms with Gasteiger partial charge in [-0.25, -0.2) is 0 Å². The van der Waals surface area contributed by atoms with Gasteiger partial charge in [0.1, 0.15) is 6.61 Å². The fourth-order valence-corrected chi connectivity index (χ4v) is 0.711. The van der Waals surface area contributed by atoms with E-state index < -0.39 is 0 Å². The predicted molar refractivity (Wildman–Crippen MR) is 44.4 cm³/mol. The van der Waals surface area contributed by atoms with E-state index >= 15 is 0 Å². The van der Waals surface area contributed by atoms with Gasteiger partial charge in [-0.05, 0) is 6.07 Å². The Balaban J connectivity index is 2.37. The summed E-state index contributed by atoms with van der Waals surface area (Å²) in [5.74, 6) is 0.455. The molecule has 1 aromatic heterocycles. The second-order valence-corrected chi connectivity index (χ2v) is 2.42. The number of halogens is 1. The van der Waals surface area contributed by atoms with Crippen molar-refractivity contribution in [2.24, 2.45) is 0 Å². The average Bonchev–Trinajstić information content (AvgIpc) is 2.09. The van der Waals surface area contributed by atoms with E-state index in [1.807, 2.05) is 0 Å². The number of aromatic nitrogens is 2. The highest BCUT2D eigenvalue weighted by Gasteiger charge is 1.95. The molecule has 1 aromatic rings. The molecular weight excluding hydrogens is 180 g/mol. The van der Waals surface area contributed by atoms with E-state index in [4.69, 9.17) is 21.1 Å². The molecule has 0 aromatic carbocycles. The van der Waals surface area contributed by atoms with E-state index in [0.717, 1.165) is 0 Å². The Morgan fingerprint density at radius 1 is 1.33 bits per heavy atom. The zero-order chi connectivity index (χ0) is 8.81. The quantitative estimate of drug-likeness (QED) is 0.665. The monoisotopic (exact) mass is 188 g/mol. The zero-order valence-electron chi connectivity index (χ0n) is 6.66. The number of methoxy groups -OCH3 is 1. The summed E-state index contributed by atoms with van der Waals surface area (Å²) in [4.78, 5) is 0. The van der Waals surface area contributed by atoms with Crippen LogP contribution in [0.25, 0.3) is 0 Å². The summed E-state index contributed by atoms with van der Waals surface area (Å²) in [6, 6.07) is 3.28. The van der Waals surface area contributed by atoms with E-state index in [1.54, 1.807) is 19.2 Å². The van der Waals surface area contributed by atoms with E-state index in [2.05, 4.69) is 10.2 Å². The molecule has 12 heavy (non-hydrogen) atoms. The smallest absolute Gasteiger partial charge is 0.233 e. The van der Waals surface area contributed by atoms with E-state index in [-0.39, 0.29) is 0 Å². The summed E-state index contributed by atoms with van der Waals surface area (Å²) in [5.41, 5.74) is 0. The molecule has 0 atom stereocenters. The third-order valence-corrected chi connectivity index (χ3v) is 1.35. The van der Waals surface area contributed by atoms with Crippen molar-refractivity contribution in [3.63, 3.8) is 0 Å². The number of hydrogen-bond acceptors (Lipinski definition) is 4. The molecule has 66 valence electrons. The van der Waals surface area contributed by atoms with Gasteiger partial charge >= 0.3 is 0 Å². The van der Waals surface area contributed by atoms with E-state index in [0.29, 0.717) is 24.2 Å². The van der Waals surface area contributed by atoms with Crippen LogP contribution in [0.3, 0.4) is 0 Å². The van der Waals surface area contributed by atoms with Crippen molar-refractivity contribution in [3.05, 3.63) is 17.3 Å². The summed E-state index contributed by atoms with van der Waals surface area (Å²) in [6.45, 7) is 0.997. The molecule has 0 N–H and O–H groups in total. The van der Waals surface area contributed by atoms with Crippen molar-refractivity contribution >= 4 is 11.6 Å². The van der Waals surface area contributed by atoms with Crippen molar-refractivity contribution in [1.29, 1.82) is 0 Å². The first kappa shape index (κ1) is 9.22. The van der Waals surface area contributed by atoms with Gasteiger partial charge in [-0.1, -0.05) is 11.6 Å². The maximum atomic E-state index is 5.52. The number of hydrogen-bond donors (Lipinski definition) is 0. The fourth-order valence-electron chi connectivity index (χ4n) is 0.610. The highest BCUT2D eigenvalue weighted by Crippen LogP contribution is 2.07. The number of rotatable bonds is 4. The van der Waals surface area contributed by atoms with Gasteiger partial charge in [0.25, 0.3) is 0 Å². The van der Waals surface area contributed by atoms with Crippen LogP contribution < -0.4 is 4.74 Å². The van der Waals surface area contributed by atoms with Crippen molar-refractivity contribution in [2.75, 3.05) is 20.3 Å². The SMILES string of the molecule is COCCOc1ccc(Cl)nn1. The Hall–Kier alpha value is -0.870. The molecule has 4 nitrogen and oxygen atoms in total. The van der Waals surface area contributed by atoms with Gasteiger partial charge in [-0.15, -0.1) is 10.2 Å². The van der Waals surface area contributed by atoms with Gasteiger partial charge in [-0.3, -0.25) is 0 Å². The molecular formula is C7H9ClN2O2. The van der Waals surface area contributed by atoms with Crippen molar-refractivity contribution in [3.8, 4) is 5.88 Å². The first-order valence-corrected chi connectivity index (χ1v) is 3.81. The van der Waals surface area contributed by atoms with Crippen molar-refractivity contribution in [1.82, 2.24) is 10.2 Å². The molecule has 0 radical (unpaired) electrons. The van der Waals surface area contributed by atoms with Crippen LogP contribution in [0.15, 0.2) is 12.1 Å². The molecule has 0 unspecified atom stereocenters. The van der Waals surface area contributed by atoms with Crippen molar-refractivity contribution in [2.45, 2.75) is 0 Å². The third-order valence-electron chi connectivity index (χ3n) is 1.14. The molecule has 0 fully saturated rings. The van der Waals surface area contributed by atoms with E-state index in [1.165, 1.54) is 0 Å². The largest absolute Gasteiger partial charge is 0.474 e. The topological polar surface area (TPSA) is 44.2 Å². The Kier molecular flexibility index (Phi) is 3.76. The number of ether oxygens (including phenoxy) is 2. The molecule has 5 heteroatoms. The van der Waals surface area contributed by atoms with Crippen LogP contribution in [0.5, 0.6) is 5.88 Å². The van der Waals surface area contributed by atoms with Crippen LogP contribution in [0.1, 0.15) is 0 Å². The Morgan fingerprint density at radius 3 is 2.75 bits per heavy atom. The minimum Gasteiger partial charge on any atom is -0.474 e. The predicted octanol–water partition coefficient (Wildman–Crippen LogP) is 1.16. The normalized spacial score (nSPS) is 9.83. The lowest BCUT2D eigenvalue weighted by molar-refractivity contribution is 0.143. The molecule has 0 bridgehead atoms. The first-order valence-electron chi connectivity index (χ1n) is 3.44. The number of nitrogens with zero attached hydrogens (tertiary/aromatic N) is 2. The summed E-state index contributed by atoms with van der Waals surface area (Å²) < 4.78 is 9.93. The van der Waals surface area contributed by atoms with Gasteiger partial charge in [0, 0.05) is 13.2 Å². The van der Waals surface area contributed by atoms with Crippen LogP contribution in [-0.2, 0) is 4.74 Å². The summed E-state index contributed by atoms with van der Waals surface area (Å²) in [6.07, 6.45) is 0. The van der Waals surface area contributed by atoms with Gasteiger partial charge in [0.05, 0.1) is 6.61 Å². The summed E-state index contributed by atoms with van der Waals surface area (Å²) >= 11 is 5.52. The molecule has 0 amide bonds. The molecule has 0 aliphatic heterocycles. The van der Waals surface area contributed by atoms with Gasteiger partial charge in [0.15, 0.2) is 5.15 Å². The lowest BCUT2D eigenvalue weighted by Crippen LogP contribution is -2.05. The fraction of sp³-hybridized carbons (Fsp3) is 0.429. The Bertz CT molecular complexity index is 227. The maximum Gasteiger partial charge on any atom is 0.233 e. The van der Waals surface area contributed by atoms with Crippen LogP contribution in [0.2, 0.25) is 5.15 Å². The van der Waals surface area contributed by atoms with E-state index in [9.17, 15) is 0 Å². The lowest BCUT2D eigenvalue weighted by atomic mass is 10.6. The van der Waals surface area contributed by atoms with Crippen LogP contribution >= 0.6 is 11.6 Å². The molecule has 0 saturated heterocycles. The second kappa shape index (κ2) is 4.90. The molecule has 1 heterocycles. The first-order chi connectivity index (χ1) is 5.83. The maximum absolute atomic E-state index is 5.52. The molecule has 0 saturated carbocycles. The molecule has 0 aliphatic rings. The average molecular weight is 189 g/mol. The van der Waals surface area contributed by atoms with Gasteiger partial charge in [-0.2, -0.15) is 0 Å². The van der Waals surface area contributed by atoms with Gasteiger partial charge in [0.2, 0.25) is 5.88 Å². The summed E-state index contributed by atoms with van der Waals surface area (Å²) in [7, 11) is 1.61. The van der Waals surface area contributed by atoms with Crippen LogP contribution in [-0.4, -0.2) is 30.5 Å². The minimum absolute atomic E-state index is 0.356. The van der Waals surface area contributed by atoms with Crippen molar-refractivity contribution < 1.29 is 9.47 Å². The van der Waals surface area contributed by atoms with Gasteiger partial charge < -0.3 is 9.47 Å². The molecule has 1 rings (SSSR count). The Morgan fingerprint density at radius 2 is 2.17 bits per heavy atom. The lowest BCUT2D eigenvalue weighted by Gasteiger charge is -2.02. The Labute approximate surface area is 75.5 Å². The second-order valence-electron chi connectivity index (χ2n) is 2.04. The molecule has 0 spiro atoms. The third kappa shape index (κ3) is 3.02.